The van der Waals surface area contributed by atoms with E-state index in [2.05, 4.69) is 10.6 Å². The van der Waals surface area contributed by atoms with Crippen molar-refractivity contribution in [1.29, 1.82) is 0 Å². The zero-order valence-electron chi connectivity index (χ0n) is 16.5. The van der Waals surface area contributed by atoms with E-state index >= 15 is 0 Å². The number of benzene rings is 3. The number of alkyl halides is 1. The number of nitrogens with one attached hydrogen (secondary N) is 2. The third kappa shape index (κ3) is 3.05. The molecule has 2 amide bonds. The molecular formula is C25H20Cl2N2O2. The van der Waals surface area contributed by atoms with Crippen molar-refractivity contribution in [2.75, 3.05) is 11.9 Å². The summed E-state index contributed by atoms with van der Waals surface area (Å²) in [6.07, 6.45) is 0. The van der Waals surface area contributed by atoms with E-state index in [0.29, 0.717) is 11.6 Å². The number of fused-ring (bicyclic) bond motifs is 2. The minimum atomic E-state index is -1.09. The number of halogens is 2. The van der Waals surface area contributed by atoms with E-state index in [1.54, 1.807) is 12.1 Å². The predicted molar refractivity (Wildman–Crippen MR) is 123 cm³/mol. The van der Waals surface area contributed by atoms with Crippen molar-refractivity contribution >= 4 is 40.7 Å². The Bertz CT molecular complexity index is 1170. The summed E-state index contributed by atoms with van der Waals surface area (Å²) in [5, 5.41) is 5.62. The fraction of sp³-hybridized carbons (Fsp3) is 0.200. The number of anilines is 1. The Hall–Kier alpha value is -2.82. The Morgan fingerprint density at radius 3 is 2.35 bits per heavy atom. The van der Waals surface area contributed by atoms with Crippen LogP contribution in [-0.2, 0) is 15.0 Å². The molecule has 0 aromatic heterocycles. The van der Waals surface area contributed by atoms with Gasteiger partial charge in [-0.3, -0.25) is 9.59 Å². The second-order valence-corrected chi connectivity index (χ2v) is 8.92. The second-order valence-electron chi connectivity index (χ2n) is 8.01. The first-order valence-corrected chi connectivity index (χ1v) is 11.0. The Kier molecular flexibility index (Phi) is 4.99. The summed E-state index contributed by atoms with van der Waals surface area (Å²) in [7, 11) is 0. The van der Waals surface area contributed by atoms with Crippen molar-refractivity contribution in [3.05, 3.63) is 101 Å². The molecule has 1 spiro atoms. The lowest BCUT2D eigenvalue weighted by molar-refractivity contribution is -0.123. The SMILES string of the molecule is O=C1NC[C@H](c2ccccc2)[C@]2(C(=O)Nc3ccccc32)[C@H](c2cccc(Cl)c2)C1Cl. The lowest BCUT2D eigenvalue weighted by Gasteiger charge is -2.41. The van der Waals surface area contributed by atoms with Crippen LogP contribution in [0.2, 0.25) is 5.02 Å². The van der Waals surface area contributed by atoms with E-state index in [9.17, 15) is 9.59 Å². The summed E-state index contributed by atoms with van der Waals surface area (Å²) in [5.41, 5.74) is 2.23. The molecule has 1 unspecified atom stereocenters. The molecule has 5 rings (SSSR count). The normalized spacial score (nSPS) is 27.4. The van der Waals surface area contributed by atoms with Gasteiger partial charge in [0, 0.05) is 29.1 Å². The maximum Gasteiger partial charge on any atom is 0.238 e. The number of carbonyl (C=O) groups is 2. The summed E-state index contributed by atoms with van der Waals surface area (Å²) in [5.74, 6) is -1.39. The Morgan fingerprint density at radius 1 is 0.871 bits per heavy atom. The maximum atomic E-state index is 13.9. The highest BCUT2D eigenvalue weighted by Crippen LogP contribution is 2.57. The summed E-state index contributed by atoms with van der Waals surface area (Å²) < 4.78 is 0. The molecule has 0 saturated carbocycles. The topological polar surface area (TPSA) is 58.2 Å². The van der Waals surface area contributed by atoms with Crippen molar-refractivity contribution in [1.82, 2.24) is 5.32 Å². The molecule has 4 nitrogen and oxygen atoms in total. The van der Waals surface area contributed by atoms with Gasteiger partial charge in [0.25, 0.3) is 0 Å². The van der Waals surface area contributed by atoms with Crippen LogP contribution < -0.4 is 10.6 Å². The molecule has 2 heterocycles. The van der Waals surface area contributed by atoms with Crippen molar-refractivity contribution in [2.24, 2.45) is 0 Å². The van der Waals surface area contributed by atoms with Gasteiger partial charge in [0.1, 0.15) is 5.38 Å². The van der Waals surface area contributed by atoms with Gasteiger partial charge in [0.05, 0.1) is 5.41 Å². The monoisotopic (exact) mass is 450 g/mol. The van der Waals surface area contributed by atoms with E-state index in [4.69, 9.17) is 23.2 Å². The van der Waals surface area contributed by atoms with Crippen LogP contribution in [0.3, 0.4) is 0 Å². The number of rotatable bonds is 2. The third-order valence-electron chi connectivity index (χ3n) is 6.47. The minimum Gasteiger partial charge on any atom is -0.354 e. The van der Waals surface area contributed by atoms with Crippen molar-refractivity contribution < 1.29 is 9.59 Å². The Morgan fingerprint density at radius 2 is 1.58 bits per heavy atom. The van der Waals surface area contributed by atoms with E-state index in [0.717, 1.165) is 22.4 Å². The van der Waals surface area contributed by atoms with E-state index in [-0.39, 0.29) is 17.7 Å². The molecule has 0 aliphatic carbocycles. The number of para-hydroxylation sites is 1. The molecule has 0 bridgehead atoms. The standard InChI is InChI=1S/C25H20Cl2N2O2/c26-17-10-6-9-16(13-17)21-22(27)23(30)28-14-19(15-7-2-1-3-8-15)25(21)18-11-4-5-12-20(18)29-24(25)31/h1-13,19,21-22H,14H2,(H,28,30)(H,29,31)/t19-,21-,22?,25+/m1/s1. The van der Waals surface area contributed by atoms with Crippen LogP contribution in [0.1, 0.15) is 28.5 Å². The fourth-order valence-electron chi connectivity index (χ4n) is 5.21. The number of hydrogen-bond donors (Lipinski definition) is 2. The molecule has 2 aliphatic rings. The molecule has 2 N–H and O–H groups in total. The Labute approximate surface area is 190 Å². The fourth-order valence-corrected chi connectivity index (χ4v) is 5.83. The average molecular weight is 451 g/mol. The number of hydrogen-bond acceptors (Lipinski definition) is 2. The highest BCUT2D eigenvalue weighted by molar-refractivity contribution is 6.32. The van der Waals surface area contributed by atoms with E-state index < -0.39 is 16.7 Å². The first-order valence-electron chi connectivity index (χ1n) is 10.2. The minimum absolute atomic E-state index is 0.158. The van der Waals surface area contributed by atoms with Crippen LogP contribution in [0, 0.1) is 0 Å². The van der Waals surface area contributed by atoms with Gasteiger partial charge in [-0.2, -0.15) is 0 Å². The molecule has 1 saturated heterocycles. The van der Waals surface area contributed by atoms with Gasteiger partial charge in [0.2, 0.25) is 11.8 Å². The zero-order valence-corrected chi connectivity index (χ0v) is 18.0. The third-order valence-corrected chi connectivity index (χ3v) is 7.16. The van der Waals surface area contributed by atoms with Gasteiger partial charge in [-0.1, -0.05) is 72.3 Å². The molecule has 1 fully saturated rings. The van der Waals surface area contributed by atoms with E-state index in [1.807, 2.05) is 66.7 Å². The van der Waals surface area contributed by atoms with Gasteiger partial charge < -0.3 is 10.6 Å². The van der Waals surface area contributed by atoms with Crippen LogP contribution in [0.5, 0.6) is 0 Å². The predicted octanol–water partition coefficient (Wildman–Crippen LogP) is 4.83. The van der Waals surface area contributed by atoms with E-state index in [1.165, 1.54) is 0 Å². The van der Waals surface area contributed by atoms with Gasteiger partial charge in [-0.15, -0.1) is 11.6 Å². The van der Waals surface area contributed by atoms with Crippen molar-refractivity contribution in [2.45, 2.75) is 22.6 Å². The lowest BCUT2D eigenvalue weighted by atomic mass is 9.59. The summed E-state index contributed by atoms with van der Waals surface area (Å²) in [6, 6.07) is 24.8. The molecule has 156 valence electrons. The highest BCUT2D eigenvalue weighted by Gasteiger charge is 2.61. The summed E-state index contributed by atoms with van der Waals surface area (Å²) in [6.45, 7) is 0.297. The second kappa shape index (κ2) is 7.70. The van der Waals surface area contributed by atoms with Crippen LogP contribution in [0.4, 0.5) is 5.69 Å². The zero-order chi connectivity index (χ0) is 21.6. The summed E-state index contributed by atoms with van der Waals surface area (Å²) in [4.78, 5) is 26.9. The lowest BCUT2D eigenvalue weighted by Crippen LogP contribution is -2.49. The highest BCUT2D eigenvalue weighted by atomic mass is 35.5. The van der Waals surface area contributed by atoms with Crippen LogP contribution in [0.25, 0.3) is 0 Å². The number of carbonyl (C=O) groups excluding carboxylic acids is 2. The molecule has 31 heavy (non-hydrogen) atoms. The van der Waals surface area contributed by atoms with Gasteiger partial charge in [-0.25, -0.2) is 0 Å². The van der Waals surface area contributed by atoms with Gasteiger partial charge in [0.15, 0.2) is 0 Å². The molecule has 6 heteroatoms. The molecule has 2 aliphatic heterocycles. The van der Waals surface area contributed by atoms with Gasteiger partial charge >= 0.3 is 0 Å². The smallest absolute Gasteiger partial charge is 0.238 e. The van der Waals surface area contributed by atoms with Crippen LogP contribution in [0.15, 0.2) is 78.9 Å². The summed E-state index contributed by atoms with van der Waals surface area (Å²) >= 11 is 13.2. The Balaban J connectivity index is 1.86. The maximum absolute atomic E-state index is 13.9. The molecule has 3 aromatic rings. The molecule has 3 aromatic carbocycles. The van der Waals surface area contributed by atoms with Crippen LogP contribution in [-0.4, -0.2) is 23.7 Å². The largest absolute Gasteiger partial charge is 0.354 e. The first kappa shape index (κ1) is 20.1. The average Bonchev–Trinajstić information content (AvgIpc) is 3.00. The van der Waals surface area contributed by atoms with Crippen LogP contribution >= 0.6 is 23.2 Å². The molecular weight excluding hydrogens is 431 g/mol. The quantitative estimate of drug-likeness (QED) is 0.549. The van der Waals surface area contributed by atoms with Gasteiger partial charge in [-0.05, 0) is 34.9 Å². The molecule has 4 atom stereocenters. The van der Waals surface area contributed by atoms with Crippen molar-refractivity contribution in [3.8, 4) is 0 Å². The molecule has 0 radical (unpaired) electrons. The van der Waals surface area contributed by atoms with Crippen molar-refractivity contribution in [3.63, 3.8) is 0 Å². The first-order chi connectivity index (χ1) is 15.0. The number of amides is 2.